The lowest BCUT2D eigenvalue weighted by molar-refractivity contribution is -0.123. The first kappa shape index (κ1) is 19.1. The maximum atomic E-state index is 12.2. The second-order valence-corrected chi connectivity index (χ2v) is 7.83. The van der Waals surface area contributed by atoms with Crippen LogP contribution in [0.5, 0.6) is 0 Å². The summed E-state index contributed by atoms with van der Waals surface area (Å²) in [6.07, 6.45) is 5.15. The molecule has 2 saturated heterocycles. The minimum absolute atomic E-state index is 0.0102. The molecule has 2 unspecified atom stereocenters. The van der Waals surface area contributed by atoms with Gasteiger partial charge in [0.05, 0.1) is 6.04 Å². The van der Waals surface area contributed by atoms with Gasteiger partial charge in [0.1, 0.15) is 0 Å². The normalized spacial score (nSPS) is 23.0. The van der Waals surface area contributed by atoms with Crippen molar-refractivity contribution in [2.45, 2.75) is 38.1 Å². The van der Waals surface area contributed by atoms with Crippen molar-refractivity contribution in [3.05, 3.63) is 36.2 Å². The molecule has 2 aliphatic heterocycles. The van der Waals surface area contributed by atoms with Crippen molar-refractivity contribution in [3.8, 4) is 11.4 Å². The number of piperidine rings is 1. The van der Waals surface area contributed by atoms with Crippen LogP contribution in [0.25, 0.3) is 11.4 Å². The number of carbonyl (C=O) groups excluding carboxylic acids is 1. The Hall–Kier alpha value is -2.25. The Morgan fingerprint density at radius 1 is 1.25 bits per heavy atom. The van der Waals surface area contributed by atoms with Gasteiger partial charge in [-0.05, 0) is 44.7 Å². The Labute approximate surface area is 165 Å². The van der Waals surface area contributed by atoms with Crippen LogP contribution in [0.3, 0.4) is 0 Å². The van der Waals surface area contributed by atoms with Gasteiger partial charge in [0.15, 0.2) is 0 Å². The number of hydrogen-bond donors (Lipinski definition) is 2. The molecule has 2 aliphatic rings. The molecule has 2 atom stereocenters. The standard InChI is InChI=1S/C21H29N5O2/c27-21(18-9-4-11-22-18)23-14-16-6-5-12-26(15-16)13-10-19-24-20(25-28-19)17-7-2-1-3-8-17/h1-3,7-8,16,18,22H,4-6,9-15H2,(H,23,27). The molecule has 2 fully saturated rings. The molecule has 0 saturated carbocycles. The van der Waals surface area contributed by atoms with Gasteiger partial charge >= 0.3 is 0 Å². The molecule has 0 bridgehead atoms. The number of amides is 1. The summed E-state index contributed by atoms with van der Waals surface area (Å²) in [5.41, 5.74) is 0.975. The molecule has 1 aromatic heterocycles. The smallest absolute Gasteiger partial charge is 0.237 e. The average molecular weight is 383 g/mol. The number of nitrogens with zero attached hydrogens (tertiary/aromatic N) is 3. The van der Waals surface area contributed by atoms with Gasteiger partial charge in [0.25, 0.3) is 0 Å². The van der Waals surface area contributed by atoms with Crippen LogP contribution in [0, 0.1) is 5.92 Å². The summed E-state index contributed by atoms with van der Waals surface area (Å²) < 4.78 is 5.42. The molecular weight excluding hydrogens is 354 g/mol. The van der Waals surface area contributed by atoms with Crippen molar-refractivity contribution < 1.29 is 9.32 Å². The molecule has 3 heterocycles. The number of carbonyl (C=O) groups is 1. The molecule has 0 aliphatic carbocycles. The van der Waals surface area contributed by atoms with E-state index in [9.17, 15) is 4.79 Å². The maximum absolute atomic E-state index is 12.2. The number of nitrogens with one attached hydrogen (secondary N) is 2. The molecule has 2 aromatic rings. The Kier molecular flexibility index (Phi) is 6.34. The molecule has 28 heavy (non-hydrogen) atoms. The van der Waals surface area contributed by atoms with E-state index in [-0.39, 0.29) is 11.9 Å². The summed E-state index contributed by atoms with van der Waals surface area (Å²) in [4.78, 5) is 19.1. The lowest BCUT2D eigenvalue weighted by Crippen LogP contribution is -2.45. The number of hydrogen-bond acceptors (Lipinski definition) is 6. The fraction of sp³-hybridized carbons (Fsp3) is 0.571. The largest absolute Gasteiger partial charge is 0.354 e. The molecule has 2 N–H and O–H groups in total. The zero-order chi connectivity index (χ0) is 19.2. The van der Waals surface area contributed by atoms with E-state index >= 15 is 0 Å². The highest BCUT2D eigenvalue weighted by atomic mass is 16.5. The number of benzene rings is 1. The molecule has 150 valence electrons. The minimum atomic E-state index is 0.0102. The lowest BCUT2D eigenvalue weighted by atomic mass is 9.97. The van der Waals surface area contributed by atoms with Gasteiger partial charge in [0.2, 0.25) is 17.6 Å². The van der Waals surface area contributed by atoms with E-state index in [1.807, 2.05) is 30.3 Å². The van der Waals surface area contributed by atoms with Gasteiger partial charge < -0.3 is 20.1 Å². The van der Waals surface area contributed by atoms with Crippen molar-refractivity contribution in [3.63, 3.8) is 0 Å². The van der Waals surface area contributed by atoms with Crippen LogP contribution in [-0.4, -0.2) is 59.7 Å². The third kappa shape index (κ3) is 4.97. The van der Waals surface area contributed by atoms with E-state index in [1.165, 1.54) is 12.8 Å². The zero-order valence-electron chi connectivity index (χ0n) is 16.3. The van der Waals surface area contributed by atoms with Crippen molar-refractivity contribution in [2.75, 3.05) is 32.7 Å². The van der Waals surface area contributed by atoms with Crippen LogP contribution in [-0.2, 0) is 11.2 Å². The van der Waals surface area contributed by atoms with Gasteiger partial charge in [-0.1, -0.05) is 35.5 Å². The number of aromatic nitrogens is 2. The highest BCUT2D eigenvalue weighted by Crippen LogP contribution is 2.18. The fourth-order valence-electron chi connectivity index (χ4n) is 4.11. The molecule has 0 radical (unpaired) electrons. The Morgan fingerprint density at radius 2 is 2.14 bits per heavy atom. The molecule has 7 heteroatoms. The summed E-state index contributed by atoms with van der Waals surface area (Å²) in [6.45, 7) is 4.74. The van der Waals surface area contributed by atoms with Gasteiger partial charge in [-0.2, -0.15) is 4.98 Å². The predicted octanol–water partition coefficient (Wildman–Crippen LogP) is 1.86. The monoisotopic (exact) mass is 383 g/mol. The van der Waals surface area contributed by atoms with Gasteiger partial charge in [-0.15, -0.1) is 0 Å². The highest BCUT2D eigenvalue weighted by molar-refractivity contribution is 5.81. The maximum Gasteiger partial charge on any atom is 0.237 e. The van der Waals surface area contributed by atoms with E-state index in [0.29, 0.717) is 17.6 Å². The van der Waals surface area contributed by atoms with Crippen molar-refractivity contribution in [1.29, 1.82) is 0 Å². The van der Waals surface area contributed by atoms with Crippen LogP contribution >= 0.6 is 0 Å². The Bertz CT molecular complexity index is 757. The highest BCUT2D eigenvalue weighted by Gasteiger charge is 2.24. The van der Waals surface area contributed by atoms with E-state index in [1.54, 1.807) is 0 Å². The van der Waals surface area contributed by atoms with Gasteiger partial charge in [0, 0.05) is 31.6 Å². The third-order valence-corrected chi connectivity index (χ3v) is 5.69. The van der Waals surface area contributed by atoms with Crippen LogP contribution in [0.2, 0.25) is 0 Å². The van der Waals surface area contributed by atoms with Crippen LogP contribution in [0.4, 0.5) is 0 Å². The van der Waals surface area contributed by atoms with Gasteiger partial charge in [-0.25, -0.2) is 0 Å². The summed E-state index contributed by atoms with van der Waals surface area (Å²) in [5.74, 6) is 2.01. The number of rotatable bonds is 7. The average Bonchev–Trinajstić information content (AvgIpc) is 3.44. The SMILES string of the molecule is O=C(NCC1CCCN(CCc2nc(-c3ccccc3)no2)C1)C1CCCN1. The van der Waals surface area contributed by atoms with Crippen molar-refractivity contribution in [2.24, 2.45) is 5.92 Å². The van der Waals surface area contributed by atoms with E-state index < -0.39 is 0 Å². The van der Waals surface area contributed by atoms with E-state index in [0.717, 1.165) is 57.5 Å². The quantitative estimate of drug-likeness (QED) is 0.759. The van der Waals surface area contributed by atoms with Gasteiger partial charge in [-0.3, -0.25) is 4.79 Å². The lowest BCUT2D eigenvalue weighted by Gasteiger charge is -2.32. The number of likely N-dealkylation sites (tertiary alicyclic amines) is 1. The molecule has 1 aromatic carbocycles. The molecule has 7 nitrogen and oxygen atoms in total. The second kappa shape index (κ2) is 9.30. The predicted molar refractivity (Wildman–Crippen MR) is 107 cm³/mol. The van der Waals surface area contributed by atoms with E-state index in [2.05, 4.69) is 25.7 Å². The summed E-state index contributed by atoms with van der Waals surface area (Å²) in [5, 5.41) is 10.5. The Balaban J connectivity index is 1.22. The first-order valence-corrected chi connectivity index (χ1v) is 10.4. The summed E-state index contributed by atoms with van der Waals surface area (Å²) in [6, 6.07) is 9.90. The topological polar surface area (TPSA) is 83.3 Å². The van der Waals surface area contributed by atoms with Crippen LogP contribution in [0.15, 0.2) is 34.9 Å². The minimum Gasteiger partial charge on any atom is -0.354 e. The molecule has 1 amide bonds. The molecule has 4 rings (SSSR count). The third-order valence-electron chi connectivity index (χ3n) is 5.69. The molecule has 0 spiro atoms. The molecular formula is C21H29N5O2. The fourth-order valence-corrected chi connectivity index (χ4v) is 4.11. The summed E-state index contributed by atoms with van der Waals surface area (Å²) >= 11 is 0. The van der Waals surface area contributed by atoms with Crippen LogP contribution < -0.4 is 10.6 Å². The second-order valence-electron chi connectivity index (χ2n) is 7.83. The zero-order valence-corrected chi connectivity index (χ0v) is 16.3. The summed E-state index contributed by atoms with van der Waals surface area (Å²) in [7, 11) is 0. The Morgan fingerprint density at radius 3 is 2.96 bits per heavy atom. The first-order valence-electron chi connectivity index (χ1n) is 10.4. The van der Waals surface area contributed by atoms with Crippen molar-refractivity contribution >= 4 is 5.91 Å². The van der Waals surface area contributed by atoms with Crippen LogP contribution in [0.1, 0.15) is 31.6 Å². The van der Waals surface area contributed by atoms with E-state index in [4.69, 9.17) is 4.52 Å². The van der Waals surface area contributed by atoms with Crippen molar-refractivity contribution in [1.82, 2.24) is 25.7 Å². The first-order chi connectivity index (χ1) is 13.8.